The molecule has 1 fully saturated rings. The molecule has 0 aromatic carbocycles. The van der Waals surface area contributed by atoms with E-state index in [1.807, 2.05) is 0 Å². The third-order valence-corrected chi connectivity index (χ3v) is 3.05. The zero-order valence-electron chi connectivity index (χ0n) is 9.59. The second-order valence-electron chi connectivity index (χ2n) is 4.66. The molecule has 6 heteroatoms. The predicted molar refractivity (Wildman–Crippen MR) is 61.7 cm³/mol. The second-order valence-corrected chi connectivity index (χ2v) is 4.66. The summed E-state index contributed by atoms with van der Waals surface area (Å²) in [6, 6.07) is 1.33. The van der Waals surface area contributed by atoms with Gasteiger partial charge in [0.1, 0.15) is 0 Å². The van der Waals surface area contributed by atoms with Crippen LogP contribution in [0.2, 0.25) is 0 Å². The second kappa shape index (κ2) is 4.29. The highest BCUT2D eigenvalue weighted by molar-refractivity contribution is 5.95. The number of halogens is 1. The molecule has 1 saturated carbocycles. The highest BCUT2D eigenvalue weighted by Crippen LogP contribution is 2.44. The predicted octanol–water partition coefficient (Wildman–Crippen LogP) is 1.04. The lowest BCUT2D eigenvalue weighted by atomic mass is 10.1. The van der Waals surface area contributed by atoms with Gasteiger partial charge in [-0.1, -0.05) is 6.92 Å². The van der Waals surface area contributed by atoms with Gasteiger partial charge in [0, 0.05) is 12.7 Å². The minimum atomic E-state index is -0.728. The maximum absolute atomic E-state index is 13.7. The molecule has 5 nitrogen and oxygen atoms in total. The number of nitrogen functional groups attached to an aromatic ring is 1. The number of hydrogen-bond donors (Lipinski definition) is 3. The van der Waals surface area contributed by atoms with Crippen molar-refractivity contribution < 1.29 is 9.18 Å². The summed E-state index contributed by atoms with van der Waals surface area (Å²) in [4.78, 5) is 15.4. The Morgan fingerprint density at radius 3 is 2.94 bits per heavy atom. The number of hydrogen-bond acceptors (Lipinski definition) is 4. The quantitative estimate of drug-likeness (QED) is 0.541. The third-order valence-electron chi connectivity index (χ3n) is 3.05. The number of aromatic nitrogens is 1. The molecule has 0 unspecified atom stereocenters. The van der Waals surface area contributed by atoms with Crippen LogP contribution in [-0.2, 0) is 0 Å². The monoisotopic (exact) mass is 238 g/mol. The van der Waals surface area contributed by atoms with Crippen molar-refractivity contribution in [1.82, 2.24) is 10.3 Å². The van der Waals surface area contributed by atoms with Crippen LogP contribution in [0.3, 0.4) is 0 Å². The lowest BCUT2D eigenvalue weighted by Crippen LogP contribution is -2.30. The molecule has 0 radical (unpaired) electrons. The zero-order valence-corrected chi connectivity index (χ0v) is 9.59. The van der Waals surface area contributed by atoms with Crippen molar-refractivity contribution in [3.05, 3.63) is 23.6 Å². The van der Waals surface area contributed by atoms with Crippen molar-refractivity contribution >= 4 is 11.7 Å². The van der Waals surface area contributed by atoms with Gasteiger partial charge in [0.2, 0.25) is 0 Å². The summed E-state index contributed by atoms with van der Waals surface area (Å²) in [6.45, 7) is 2.65. The zero-order chi connectivity index (χ0) is 12.5. The number of amides is 1. The fourth-order valence-electron chi connectivity index (χ4n) is 1.50. The van der Waals surface area contributed by atoms with Crippen molar-refractivity contribution in [3.63, 3.8) is 0 Å². The van der Waals surface area contributed by atoms with Gasteiger partial charge in [-0.15, -0.1) is 0 Å². The number of nitrogens with two attached hydrogens (primary N) is 1. The molecule has 17 heavy (non-hydrogen) atoms. The molecule has 4 N–H and O–H groups in total. The topological polar surface area (TPSA) is 80.0 Å². The Morgan fingerprint density at radius 2 is 2.35 bits per heavy atom. The fourth-order valence-corrected chi connectivity index (χ4v) is 1.50. The van der Waals surface area contributed by atoms with Crippen LogP contribution in [0.15, 0.2) is 12.3 Å². The van der Waals surface area contributed by atoms with Gasteiger partial charge in [-0.25, -0.2) is 15.2 Å². The Hall–Kier alpha value is -1.69. The summed E-state index contributed by atoms with van der Waals surface area (Å²) in [5.74, 6) is 3.80. The molecule has 2 rings (SSSR count). The Labute approximate surface area is 98.6 Å². The van der Waals surface area contributed by atoms with E-state index in [0.717, 1.165) is 12.8 Å². The summed E-state index contributed by atoms with van der Waals surface area (Å²) in [6.07, 6.45) is 3.54. The van der Waals surface area contributed by atoms with Gasteiger partial charge in [0.05, 0.1) is 5.56 Å². The molecule has 0 spiro atoms. The summed E-state index contributed by atoms with van der Waals surface area (Å²) in [5.41, 5.74) is 2.25. The molecule has 1 aromatic rings. The van der Waals surface area contributed by atoms with Gasteiger partial charge in [-0.05, 0) is 24.3 Å². The molecule has 1 aliphatic rings. The molecule has 92 valence electrons. The fraction of sp³-hybridized carbons (Fsp3) is 0.455. The number of anilines is 1. The Balaban J connectivity index is 2.08. The van der Waals surface area contributed by atoms with Crippen LogP contribution in [-0.4, -0.2) is 17.4 Å². The number of hydrazine groups is 1. The first kappa shape index (κ1) is 11.8. The first-order valence-corrected chi connectivity index (χ1v) is 5.45. The molecule has 0 atom stereocenters. The van der Waals surface area contributed by atoms with Gasteiger partial charge in [-0.3, -0.25) is 4.79 Å². The number of carbonyl (C=O) groups is 1. The molecule has 1 aromatic heterocycles. The van der Waals surface area contributed by atoms with E-state index in [1.165, 1.54) is 12.3 Å². The van der Waals surface area contributed by atoms with Crippen molar-refractivity contribution in [1.29, 1.82) is 0 Å². The minimum Gasteiger partial charge on any atom is -0.351 e. The standard InChI is InChI=1S/C11H15FN4O/c1-11(3-4-11)6-15-10(17)7-2-5-14-9(16-13)8(7)12/h2,5H,3-4,6,13H2,1H3,(H,14,16)(H,15,17). The van der Waals surface area contributed by atoms with Crippen LogP contribution in [0.4, 0.5) is 10.2 Å². The highest BCUT2D eigenvalue weighted by atomic mass is 19.1. The average molecular weight is 238 g/mol. The van der Waals surface area contributed by atoms with Gasteiger partial charge in [0.25, 0.3) is 5.91 Å². The van der Waals surface area contributed by atoms with Gasteiger partial charge in [0.15, 0.2) is 11.6 Å². The van der Waals surface area contributed by atoms with Crippen LogP contribution < -0.4 is 16.6 Å². The van der Waals surface area contributed by atoms with Crippen molar-refractivity contribution in [3.8, 4) is 0 Å². The van der Waals surface area contributed by atoms with Crippen LogP contribution in [0.1, 0.15) is 30.1 Å². The first-order chi connectivity index (χ1) is 8.06. The van der Waals surface area contributed by atoms with Gasteiger partial charge >= 0.3 is 0 Å². The van der Waals surface area contributed by atoms with Crippen LogP contribution >= 0.6 is 0 Å². The lowest BCUT2D eigenvalue weighted by Gasteiger charge is -2.11. The van der Waals surface area contributed by atoms with Crippen molar-refractivity contribution in [2.24, 2.45) is 11.3 Å². The summed E-state index contributed by atoms with van der Waals surface area (Å²) in [7, 11) is 0. The van der Waals surface area contributed by atoms with E-state index in [0.29, 0.717) is 6.54 Å². The Kier molecular flexibility index (Phi) is 2.97. The largest absolute Gasteiger partial charge is 0.351 e. The smallest absolute Gasteiger partial charge is 0.254 e. The molecule has 0 bridgehead atoms. The lowest BCUT2D eigenvalue weighted by molar-refractivity contribution is 0.0942. The van der Waals surface area contributed by atoms with Gasteiger partial charge < -0.3 is 10.7 Å². The molecule has 1 aliphatic carbocycles. The molecular formula is C11H15FN4O. The highest BCUT2D eigenvalue weighted by Gasteiger charge is 2.37. The van der Waals surface area contributed by atoms with Gasteiger partial charge in [-0.2, -0.15) is 0 Å². The van der Waals surface area contributed by atoms with E-state index in [-0.39, 0.29) is 16.8 Å². The van der Waals surface area contributed by atoms with Crippen molar-refractivity contribution in [2.75, 3.05) is 12.0 Å². The van der Waals surface area contributed by atoms with E-state index in [1.54, 1.807) is 0 Å². The van der Waals surface area contributed by atoms with E-state index in [2.05, 4.69) is 22.7 Å². The maximum Gasteiger partial charge on any atom is 0.254 e. The molecular weight excluding hydrogens is 223 g/mol. The summed E-state index contributed by atoms with van der Waals surface area (Å²) < 4.78 is 13.7. The maximum atomic E-state index is 13.7. The third kappa shape index (κ3) is 2.52. The van der Waals surface area contributed by atoms with E-state index in [4.69, 9.17) is 5.84 Å². The first-order valence-electron chi connectivity index (χ1n) is 5.45. The van der Waals surface area contributed by atoms with Crippen molar-refractivity contribution in [2.45, 2.75) is 19.8 Å². The number of rotatable bonds is 4. The number of carbonyl (C=O) groups excluding carboxylic acids is 1. The summed E-state index contributed by atoms with van der Waals surface area (Å²) in [5, 5.41) is 2.72. The number of nitrogens with one attached hydrogen (secondary N) is 2. The normalized spacial score (nSPS) is 16.4. The Bertz CT molecular complexity index is 445. The molecule has 1 heterocycles. The number of pyridine rings is 1. The summed E-state index contributed by atoms with van der Waals surface area (Å²) >= 11 is 0. The minimum absolute atomic E-state index is 0.0443. The van der Waals surface area contributed by atoms with E-state index in [9.17, 15) is 9.18 Å². The number of nitrogens with zero attached hydrogens (tertiary/aromatic N) is 1. The van der Waals surface area contributed by atoms with Crippen LogP contribution in [0.25, 0.3) is 0 Å². The molecule has 1 amide bonds. The molecule has 0 saturated heterocycles. The van der Waals surface area contributed by atoms with Crippen LogP contribution in [0, 0.1) is 11.2 Å². The average Bonchev–Trinajstić information content (AvgIpc) is 3.05. The molecule has 0 aliphatic heterocycles. The van der Waals surface area contributed by atoms with Crippen LogP contribution in [0.5, 0.6) is 0 Å². The Morgan fingerprint density at radius 1 is 1.65 bits per heavy atom. The van der Waals surface area contributed by atoms with E-state index >= 15 is 0 Å². The SMILES string of the molecule is CC1(CNC(=O)c2ccnc(NN)c2F)CC1. The van der Waals surface area contributed by atoms with E-state index < -0.39 is 11.7 Å².